The number of unbranched alkanes of at least 4 members (excludes halogenated alkanes) is 2. The molecular formula is C49H57N11O8. The second-order valence-electron chi connectivity index (χ2n) is 16.9. The van der Waals surface area contributed by atoms with E-state index in [2.05, 4.69) is 41.0 Å². The fourth-order valence-corrected chi connectivity index (χ4v) is 8.40. The summed E-state index contributed by atoms with van der Waals surface area (Å²) in [7, 11) is 1.88. The van der Waals surface area contributed by atoms with Crippen molar-refractivity contribution in [2.75, 3.05) is 69.4 Å². The number of nitrogens with one attached hydrogen (secondary N) is 3. The highest BCUT2D eigenvalue weighted by Gasteiger charge is 2.39. The van der Waals surface area contributed by atoms with E-state index >= 15 is 0 Å². The number of imide groups is 1. The fourth-order valence-electron chi connectivity index (χ4n) is 8.40. The molecule has 5 aromatic rings. The van der Waals surface area contributed by atoms with E-state index < -0.39 is 11.9 Å². The second-order valence-corrected chi connectivity index (χ2v) is 16.9. The number of aromatic nitrogens is 5. The largest absolute Gasteiger partial charge is 0.494 e. The standard InChI is InChI=1S/C49H57N11O8/c1-57-43(55-56-46(57)41-16-17-50-33-53-41)30-51-37-10-6-9-35(27-37)47(63)52-29-34-8-5-11-39(26-34)68-25-4-2-3-22-66-23-7-24-67-32-45(62)59-20-18-58(19-21-59)38-12-13-40-36(28-38)31-60(49(40)65)42-14-15-44(61)54-48(42)64/h5-6,8-13,16-17,26-28,33,42,51H,2-4,7,14-15,18-25,29-32H2,1H3,(H,52,63)(H,54,61,64). The Balaban J connectivity index is 0.638. The number of nitrogens with zero attached hydrogens (tertiary/aromatic N) is 8. The summed E-state index contributed by atoms with van der Waals surface area (Å²) in [4.78, 5) is 76.7. The van der Waals surface area contributed by atoms with Crippen LogP contribution < -0.4 is 25.6 Å². The van der Waals surface area contributed by atoms with Crippen LogP contribution in [0.1, 0.15) is 76.2 Å². The fraction of sp³-hybridized carbons (Fsp3) is 0.408. The van der Waals surface area contributed by atoms with E-state index in [1.54, 1.807) is 29.3 Å². The van der Waals surface area contributed by atoms with E-state index in [0.717, 1.165) is 53.3 Å². The molecule has 1 unspecified atom stereocenters. The summed E-state index contributed by atoms with van der Waals surface area (Å²) in [5, 5.41) is 17.2. The SMILES string of the molecule is Cn1c(CNc2cccc(C(=O)NCc3cccc(OCCCCCOCCCOCC(=O)N4CCN(c5ccc6c(c5)CN(C5CCC(=O)NC5=O)C6=O)CC4)c3)c2)nnc1-c1ccncn1. The van der Waals surface area contributed by atoms with Crippen molar-refractivity contribution in [1.29, 1.82) is 0 Å². The van der Waals surface area contributed by atoms with Crippen LogP contribution in [0.3, 0.4) is 0 Å². The molecule has 2 aromatic heterocycles. The minimum Gasteiger partial charge on any atom is -0.494 e. The van der Waals surface area contributed by atoms with E-state index in [1.165, 1.54) is 6.33 Å². The van der Waals surface area contributed by atoms with Gasteiger partial charge in [-0.25, -0.2) is 9.97 Å². The first-order chi connectivity index (χ1) is 33.2. The van der Waals surface area contributed by atoms with Crippen molar-refractivity contribution in [3.05, 3.63) is 113 Å². The average Bonchev–Trinajstić information content (AvgIpc) is 3.90. The predicted octanol–water partition coefficient (Wildman–Crippen LogP) is 3.90. The maximum absolute atomic E-state index is 13.1. The van der Waals surface area contributed by atoms with Crippen LogP contribution in [-0.4, -0.2) is 129 Å². The molecule has 3 aliphatic rings. The highest BCUT2D eigenvalue weighted by Crippen LogP contribution is 2.31. The molecule has 19 heteroatoms. The van der Waals surface area contributed by atoms with E-state index in [1.807, 2.05) is 71.1 Å². The zero-order valence-corrected chi connectivity index (χ0v) is 38.2. The summed E-state index contributed by atoms with van der Waals surface area (Å²) in [6.07, 6.45) is 7.13. The number of fused-ring (bicyclic) bond motifs is 1. The Labute approximate surface area is 394 Å². The summed E-state index contributed by atoms with van der Waals surface area (Å²) >= 11 is 0. The predicted molar refractivity (Wildman–Crippen MR) is 250 cm³/mol. The van der Waals surface area contributed by atoms with Crippen LogP contribution in [-0.2, 0) is 50.5 Å². The van der Waals surface area contributed by atoms with Crippen LogP contribution in [0.15, 0.2) is 85.3 Å². The molecule has 3 N–H and O–H groups in total. The third-order valence-electron chi connectivity index (χ3n) is 12.2. The van der Waals surface area contributed by atoms with Crippen molar-refractivity contribution in [3.63, 3.8) is 0 Å². The molecule has 3 aliphatic heterocycles. The van der Waals surface area contributed by atoms with Crippen LogP contribution in [0.25, 0.3) is 11.5 Å². The molecule has 2 fully saturated rings. The highest BCUT2D eigenvalue weighted by atomic mass is 16.5. The average molecular weight is 928 g/mol. The number of hydrogen-bond acceptors (Lipinski definition) is 14. The summed E-state index contributed by atoms with van der Waals surface area (Å²) in [5.74, 6) is 0.973. The van der Waals surface area contributed by atoms with Gasteiger partial charge in [-0.3, -0.25) is 29.3 Å². The first-order valence-electron chi connectivity index (χ1n) is 23.1. The van der Waals surface area contributed by atoms with Gasteiger partial charge in [0.25, 0.3) is 11.8 Å². The van der Waals surface area contributed by atoms with Gasteiger partial charge in [0.05, 0.1) is 13.2 Å². The summed E-state index contributed by atoms with van der Waals surface area (Å²) < 4.78 is 19.3. The zero-order valence-electron chi connectivity index (χ0n) is 38.2. The van der Waals surface area contributed by atoms with Crippen molar-refractivity contribution in [1.82, 2.24) is 45.2 Å². The number of carbonyl (C=O) groups excluding carboxylic acids is 5. The number of rotatable bonds is 22. The van der Waals surface area contributed by atoms with Crippen molar-refractivity contribution < 1.29 is 38.2 Å². The number of hydrogen-bond donors (Lipinski definition) is 3. The Kier molecular flexibility index (Phi) is 16.0. The molecular weight excluding hydrogens is 871 g/mol. The highest BCUT2D eigenvalue weighted by molar-refractivity contribution is 6.05. The van der Waals surface area contributed by atoms with E-state index in [-0.39, 0.29) is 36.7 Å². The lowest BCUT2D eigenvalue weighted by Crippen LogP contribution is -2.52. The van der Waals surface area contributed by atoms with Crippen LogP contribution in [0.5, 0.6) is 5.75 Å². The lowest BCUT2D eigenvalue weighted by atomic mass is 10.0. The quantitative estimate of drug-likeness (QED) is 0.0664. The van der Waals surface area contributed by atoms with E-state index in [9.17, 15) is 24.0 Å². The Hall–Kier alpha value is -7.25. The van der Waals surface area contributed by atoms with E-state index in [4.69, 9.17) is 14.2 Å². The van der Waals surface area contributed by atoms with Gasteiger partial charge in [0.15, 0.2) is 11.6 Å². The molecule has 0 bridgehead atoms. The lowest BCUT2D eigenvalue weighted by molar-refractivity contribution is -0.137. The summed E-state index contributed by atoms with van der Waals surface area (Å²) in [5.41, 5.74) is 5.35. The smallest absolute Gasteiger partial charge is 0.255 e. The molecule has 356 valence electrons. The molecule has 5 heterocycles. The van der Waals surface area contributed by atoms with Crippen molar-refractivity contribution in [3.8, 4) is 17.3 Å². The normalized spacial score (nSPS) is 15.9. The van der Waals surface area contributed by atoms with Gasteiger partial charge in [0, 0.05) is 101 Å². The lowest BCUT2D eigenvalue weighted by Gasteiger charge is -2.36. The first-order valence-corrected chi connectivity index (χ1v) is 23.1. The minimum absolute atomic E-state index is 0.0304. The monoisotopic (exact) mass is 927 g/mol. The van der Waals surface area contributed by atoms with Crippen molar-refractivity contribution in [2.24, 2.45) is 7.05 Å². The molecule has 68 heavy (non-hydrogen) atoms. The topological polar surface area (TPSA) is 215 Å². The number of piperidine rings is 1. The Morgan fingerprint density at radius 3 is 2.50 bits per heavy atom. The molecule has 8 rings (SSSR count). The van der Waals surface area contributed by atoms with Gasteiger partial charge >= 0.3 is 0 Å². The van der Waals surface area contributed by atoms with Gasteiger partial charge < -0.3 is 44.1 Å². The minimum atomic E-state index is -0.643. The number of benzene rings is 3. The maximum Gasteiger partial charge on any atom is 0.255 e. The summed E-state index contributed by atoms with van der Waals surface area (Å²) in [6.45, 7) is 5.79. The second kappa shape index (κ2) is 23.0. The van der Waals surface area contributed by atoms with Crippen LogP contribution in [0, 0.1) is 0 Å². The van der Waals surface area contributed by atoms with Crippen molar-refractivity contribution in [2.45, 2.75) is 64.2 Å². The number of piperazine rings is 1. The maximum atomic E-state index is 13.1. The van der Waals surface area contributed by atoms with E-state index in [0.29, 0.717) is 108 Å². The molecule has 5 amide bonds. The van der Waals surface area contributed by atoms with Gasteiger partial charge in [-0.2, -0.15) is 0 Å². The number of amides is 5. The zero-order chi connectivity index (χ0) is 47.2. The summed E-state index contributed by atoms with van der Waals surface area (Å²) in [6, 6.07) is 21.9. The number of ether oxygens (including phenoxy) is 3. The molecule has 19 nitrogen and oxygen atoms in total. The van der Waals surface area contributed by atoms with Crippen LogP contribution in [0.2, 0.25) is 0 Å². The van der Waals surface area contributed by atoms with Crippen molar-refractivity contribution >= 4 is 40.9 Å². The van der Waals surface area contributed by atoms with Gasteiger partial charge in [-0.05, 0) is 97.8 Å². The Morgan fingerprint density at radius 2 is 1.66 bits per heavy atom. The molecule has 0 aliphatic carbocycles. The van der Waals surface area contributed by atoms with Gasteiger partial charge in [-0.1, -0.05) is 18.2 Å². The first kappa shape index (κ1) is 47.3. The molecule has 0 spiro atoms. The van der Waals surface area contributed by atoms with Crippen LogP contribution >= 0.6 is 0 Å². The van der Waals surface area contributed by atoms with Gasteiger partial charge in [-0.15, -0.1) is 10.2 Å². The molecule has 0 radical (unpaired) electrons. The third-order valence-corrected chi connectivity index (χ3v) is 12.2. The van der Waals surface area contributed by atoms with Gasteiger partial charge in [0.2, 0.25) is 17.7 Å². The number of carbonyl (C=O) groups is 5. The third kappa shape index (κ3) is 12.2. The molecule has 1 atom stereocenters. The molecule has 0 saturated carbocycles. The number of anilines is 2. The van der Waals surface area contributed by atoms with Gasteiger partial charge in [0.1, 0.15) is 30.4 Å². The van der Waals surface area contributed by atoms with Crippen LogP contribution in [0.4, 0.5) is 11.4 Å². The molecule has 2 saturated heterocycles. The Bertz CT molecular complexity index is 2560. The molecule has 3 aromatic carbocycles. The Morgan fingerprint density at radius 1 is 0.838 bits per heavy atom.